The number of halogens is 1. The zero-order chi connectivity index (χ0) is 22.8. The smallest absolute Gasteiger partial charge is 0.207 e. The van der Waals surface area contributed by atoms with E-state index < -0.39 is 0 Å². The van der Waals surface area contributed by atoms with Gasteiger partial charge in [0.15, 0.2) is 5.13 Å². The van der Waals surface area contributed by atoms with Crippen LogP contribution in [0.4, 0.5) is 9.52 Å². The lowest BCUT2D eigenvalue weighted by Crippen LogP contribution is -2.29. The Balaban J connectivity index is 0.000000650. The molecule has 10 heteroatoms. The maximum Gasteiger partial charge on any atom is 0.207 e. The van der Waals surface area contributed by atoms with Crippen LogP contribution in [0.15, 0.2) is 43.1 Å². The maximum absolute atomic E-state index is 13.9. The van der Waals surface area contributed by atoms with Crippen LogP contribution in [0, 0.1) is 5.82 Å². The summed E-state index contributed by atoms with van der Waals surface area (Å²) in [5, 5.41) is 9.58. The third-order valence-electron chi connectivity index (χ3n) is 4.54. The minimum absolute atomic E-state index is 0.282. The summed E-state index contributed by atoms with van der Waals surface area (Å²) in [7, 11) is 0. The van der Waals surface area contributed by atoms with E-state index in [1.165, 1.54) is 36.9 Å². The number of amides is 1. The van der Waals surface area contributed by atoms with Crippen molar-refractivity contribution in [3.05, 3.63) is 60.3 Å². The van der Waals surface area contributed by atoms with Gasteiger partial charge in [-0.1, -0.05) is 17.9 Å². The summed E-state index contributed by atoms with van der Waals surface area (Å²) < 4.78 is 15.8. The topological polar surface area (TPSA) is 96.8 Å². The Labute approximate surface area is 190 Å². The van der Waals surface area contributed by atoms with Crippen LogP contribution in [0.25, 0.3) is 22.7 Å². The van der Waals surface area contributed by atoms with E-state index in [0.717, 1.165) is 17.1 Å². The van der Waals surface area contributed by atoms with Gasteiger partial charge in [-0.25, -0.2) is 14.4 Å². The lowest BCUT2D eigenvalue weighted by atomic mass is 10.2. The number of aromatic nitrogens is 4. The van der Waals surface area contributed by atoms with Crippen LogP contribution in [0.3, 0.4) is 0 Å². The Morgan fingerprint density at radius 1 is 1.38 bits per heavy atom. The third kappa shape index (κ3) is 6.32. The number of carbonyl (C=O) groups is 1. The van der Waals surface area contributed by atoms with Crippen LogP contribution in [-0.2, 0) is 11.3 Å². The molecule has 0 aliphatic carbocycles. The van der Waals surface area contributed by atoms with Gasteiger partial charge < -0.3 is 20.5 Å². The molecule has 3 aromatic rings. The van der Waals surface area contributed by atoms with Gasteiger partial charge in [0.25, 0.3) is 0 Å². The van der Waals surface area contributed by atoms with Crippen LogP contribution in [0.5, 0.6) is 0 Å². The van der Waals surface area contributed by atoms with Crippen LogP contribution in [-0.4, -0.2) is 45.6 Å². The molecule has 0 unspecified atom stereocenters. The number of imidazole rings is 1. The van der Waals surface area contributed by atoms with Crippen molar-refractivity contribution in [3.63, 3.8) is 0 Å². The molecule has 1 aliphatic rings. The fraction of sp³-hybridized carbons (Fsp3) is 0.273. The molecular formula is C22H26FN7OS. The van der Waals surface area contributed by atoms with E-state index in [1.54, 1.807) is 30.9 Å². The van der Waals surface area contributed by atoms with Crippen molar-refractivity contribution in [2.45, 2.75) is 19.9 Å². The van der Waals surface area contributed by atoms with Crippen LogP contribution in [0.1, 0.15) is 24.7 Å². The second-order valence-electron chi connectivity index (χ2n) is 6.90. The molecule has 3 aromatic heterocycles. The van der Waals surface area contributed by atoms with Crippen molar-refractivity contribution in [1.29, 1.82) is 0 Å². The highest BCUT2D eigenvalue weighted by Crippen LogP contribution is 2.30. The number of thiazole rings is 1. The molecule has 1 saturated heterocycles. The molecule has 1 amide bonds. The summed E-state index contributed by atoms with van der Waals surface area (Å²) in [4.78, 5) is 23.8. The number of carbonyl (C=O) groups excluding carboxylic acids is 1. The van der Waals surface area contributed by atoms with E-state index in [1.807, 2.05) is 17.6 Å². The molecule has 0 atom stereocenters. The Bertz CT molecular complexity index is 1070. The number of nitrogens with one attached hydrogen (secondary N) is 3. The fourth-order valence-electron chi connectivity index (χ4n) is 2.74. The Morgan fingerprint density at radius 2 is 2.16 bits per heavy atom. The molecule has 0 bridgehead atoms. The molecule has 4 rings (SSSR count). The average molecular weight is 456 g/mol. The Kier molecular flexibility index (Phi) is 8.64. The molecule has 3 N–H and O–H groups in total. The van der Waals surface area contributed by atoms with Gasteiger partial charge in [-0.15, -0.1) is 0 Å². The SMILES string of the molecule is C1CNC1.C=Cc1ncn(CCNC=O)c1/C=C(\C)Nc1ncc(-c2ncccc2F)s1. The number of pyridine rings is 1. The summed E-state index contributed by atoms with van der Waals surface area (Å²) in [6.45, 7) is 9.26. The minimum atomic E-state index is -0.381. The van der Waals surface area contributed by atoms with Gasteiger partial charge in [0, 0.05) is 31.2 Å². The van der Waals surface area contributed by atoms with Gasteiger partial charge >= 0.3 is 0 Å². The standard InChI is InChI=1S/C19H19FN6OS.C3H7N/c1-3-15-16(26(11-24-15)8-7-21-12-27)9-13(2)25-19-23-10-17(28-19)18-14(20)5-4-6-22-18;1-2-4-3-1/h3-6,9-12H,1,7-8H2,2H3,(H,21,27)(H,23,25);4H,1-3H2/b13-9+;. The van der Waals surface area contributed by atoms with E-state index in [0.29, 0.717) is 29.5 Å². The molecular weight excluding hydrogens is 429 g/mol. The summed E-state index contributed by atoms with van der Waals surface area (Å²) in [5.74, 6) is -0.381. The monoisotopic (exact) mass is 455 g/mol. The minimum Gasteiger partial charge on any atom is -0.357 e. The fourth-order valence-corrected chi connectivity index (χ4v) is 3.62. The number of allylic oxidation sites excluding steroid dienone is 1. The summed E-state index contributed by atoms with van der Waals surface area (Å²) >= 11 is 1.32. The van der Waals surface area contributed by atoms with Crippen molar-refractivity contribution < 1.29 is 9.18 Å². The highest BCUT2D eigenvalue weighted by Gasteiger charge is 2.11. The Hall–Kier alpha value is -3.37. The lowest BCUT2D eigenvalue weighted by molar-refractivity contribution is -0.109. The van der Waals surface area contributed by atoms with E-state index in [-0.39, 0.29) is 11.5 Å². The maximum atomic E-state index is 13.9. The summed E-state index contributed by atoms with van der Waals surface area (Å²) in [6, 6.07) is 2.93. The molecule has 8 nitrogen and oxygen atoms in total. The van der Waals surface area contributed by atoms with Crippen molar-refractivity contribution in [1.82, 2.24) is 30.2 Å². The molecule has 0 saturated carbocycles. The molecule has 0 spiro atoms. The zero-order valence-electron chi connectivity index (χ0n) is 17.8. The van der Waals surface area contributed by atoms with E-state index in [2.05, 4.69) is 37.5 Å². The second-order valence-corrected chi connectivity index (χ2v) is 7.93. The first-order valence-corrected chi connectivity index (χ1v) is 11.0. The largest absolute Gasteiger partial charge is 0.357 e. The predicted molar refractivity (Wildman–Crippen MR) is 126 cm³/mol. The van der Waals surface area contributed by atoms with E-state index in [4.69, 9.17) is 0 Å². The molecule has 32 heavy (non-hydrogen) atoms. The number of rotatable bonds is 9. The highest BCUT2D eigenvalue weighted by molar-refractivity contribution is 7.18. The van der Waals surface area contributed by atoms with Gasteiger partial charge in [-0.2, -0.15) is 0 Å². The van der Waals surface area contributed by atoms with Crippen molar-refractivity contribution in [3.8, 4) is 10.6 Å². The van der Waals surface area contributed by atoms with Crippen LogP contribution in [0.2, 0.25) is 0 Å². The molecule has 4 heterocycles. The number of hydrogen-bond acceptors (Lipinski definition) is 7. The second kappa shape index (κ2) is 11.9. The molecule has 1 aliphatic heterocycles. The first kappa shape index (κ1) is 23.3. The van der Waals surface area contributed by atoms with Gasteiger partial charge in [0.05, 0.1) is 22.6 Å². The average Bonchev–Trinajstić information content (AvgIpc) is 3.34. The Morgan fingerprint density at radius 3 is 2.81 bits per heavy atom. The summed E-state index contributed by atoms with van der Waals surface area (Å²) in [6.07, 6.45) is 10.5. The normalized spacial score (nSPS) is 12.9. The quantitative estimate of drug-likeness (QED) is 0.338. The number of anilines is 1. The van der Waals surface area contributed by atoms with Crippen molar-refractivity contribution >= 4 is 35.0 Å². The van der Waals surface area contributed by atoms with Gasteiger partial charge in [0.2, 0.25) is 6.41 Å². The van der Waals surface area contributed by atoms with Crippen LogP contribution < -0.4 is 16.0 Å². The predicted octanol–water partition coefficient (Wildman–Crippen LogP) is 3.38. The molecule has 0 aromatic carbocycles. The van der Waals surface area contributed by atoms with Gasteiger partial charge in [-0.3, -0.25) is 9.78 Å². The van der Waals surface area contributed by atoms with E-state index >= 15 is 0 Å². The molecule has 1 fully saturated rings. The van der Waals surface area contributed by atoms with Crippen LogP contribution >= 0.6 is 11.3 Å². The van der Waals surface area contributed by atoms with Crippen molar-refractivity contribution in [2.24, 2.45) is 0 Å². The first-order valence-electron chi connectivity index (χ1n) is 10.2. The zero-order valence-corrected chi connectivity index (χ0v) is 18.7. The third-order valence-corrected chi connectivity index (χ3v) is 5.46. The molecule has 0 radical (unpaired) electrons. The van der Waals surface area contributed by atoms with E-state index in [9.17, 15) is 9.18 Å². The summed E-state index contributed by atoms with van der Waals surface area (Å²) in [5.41, 5.74) is 2.71. The lowest BCUT2D eigenvalue weighted by Gasteiger charge is -2.09. The molecule has 168 valence electrons. The number of hydrogen-bond donors (Lipinski definition) is 3. The van der Waals surface area contributed by atoms with Gasteiger partial charge in [-0.05, 0) is 50.7 Å². The number of nitrogens with zero attached hydrogens (tertiary/aromatic N) is 4. The first-order chi connectivity index (χ1) is 15.6. The van der Waals surface area contributed by atoms with Crippen molar-refractivity contribution in [2.75, 3.05) is 25.0 Å². The highest BCUT2D eigenvalue weighted by atomic mass is 32.1. The van der Waals surface area contributed by atoms with Gasteiger partial charge in [0.1, 0.15) is 11.5 Å².